The Hall–Kier alpha value is -1.39. The van der Waals surface area contributed by atoms with Crippen molar-refractivity contribution in [2.45, 2.75) is 25.9 Å². The SMILES string of the molecule is CCCn1ccnc1C(N)c1ccc(Cl)cc1F. The van der Waals surface area contributed by atoms with Crippen LogP contribution in [-0.4, -0.2) is 9.55 Å². The Morgan fingerprint density at radius 1 is 1.50 bits per heavy atom. The lowest BCUT2D eigenvalue weighted by Gasteiger charge is -2.15. The molecule has 3 nitrogen and oxygen atoms in total. The van der Waals surface area contributed by atoms with Gasteiger partial charge in [0.15, 0.2) is 0 Å². The summed E-state index contributed by atoms with van der Waals surface area (Å²) in [4.78, 5) is 4.21. The maximum Gasteiger partial charge on any atom is 0.130 e. The van der Waals surface area contributed by atoms with Gasteiger partial charge in [0.1, 0.15) is 11.6 Å². The van der Waals surface area contributed by atoms with Gasteiger partial charge in [-0.25, -0.2) is 9.37 Å². The van der Waals surface area contributed by atoms with Crippen molar-refractivity contribution >= 4 is 11.6 Å². The van der Waals surface area contributed by atoms with Crippen molar-refractivity contribution in [2.24, 2.45) is 5.73 Å². The average molecular weight is 268 g/mol. The maximum absolute atomic E-state index is 13.8. The molecule has 1 unspecified atom stereocenters. The third-order valence-corrected chi connectivity index (χ3v) is 3.02. The monoisotopic (exact) mass is 267 g/mol. The van der Waals surface area contributed by atoms with E-state index >= 15 is 0 Å². The lowest BCUT2D eigenvalue weighted by molar-refractivity contribution is 0.571. The van der Waals surface area contributed by atoms with Gasteiger partial charge in [-0.05, 0) is 18.6 Å². The lowest BCUT2D eigenvalue weighted by atomic mass is 10.1. The molecule has 96 valence electrons. The minimum absolute atomic E-state index is 0.361. The maximum atomic E-state index is 13.8. The summed E-state index contributed by atoms with van der Waals surface area (Å²) in [5.41, 5.74) is 6.48. The molecule has 0 radical (unpaired) electrons. The first kappa shape index (κ1) is 13.1. The molecule has 1 atom stereocenters. The topological polar surface area (TPSA) is 43.8 Å². The molecule has 0 aliphatic rings. The molecule has 5 heteroatoms. The molecule has 0 saturated heterocycles. The highest BCUT2D eigenvalue weighted by Gasteiger charge is 2.18. The zero-order valence-corrected chi connectivity index (χ0v) is 10.9. The number of hydrogen-bond acceptors (Lipinski definition) is 2. The van der Waals surface area contributed by atoms with Gasteiger partial charge in [-0.3, -0.25) is 0 Å². The molecule has 1 aromatic carbocycles. The fourth-order valence-electron chi connectivity index (χ4n) is 1.92. The fraction of sp³-hybridized carbons (Fsp3) is 0.308. The Morgan fingerprint density at radius 2 is 2.28 bits per heavy atom. The van der Waals surface area contributed by atoms with Crippen molar-refractivity contribution in [1.29, 1.82) is 0 Å². The van der Waals surface area contributed by atoms with E-state index in [1.807, 2.05) is 10.8 Å². The van der Waals surface area contributed by atoms with Crippen LogP contribution in [0.15, 0.2) is 30.6 Å². The Labute approximate surface area is 110 Å². The van der Waals surface area contributed by atoms with E-state index in [1.54, 1.807) is 18.3 Å². The summed E-state index contributed by atoms with van der Waals surface area (Å²) >= 11 is 5.73. The highest BCUT2D eigenvalue weighted by Crippen LogP contribution is 2.23. The van der Waals surface area contributed by atoms with E-state index in [2.05, 4.69) is 11.9 Å². The highest BCUT2D eigenvalue weighted by atomic mass is 35.5. The predicted octanol–water partition coefficient (Wildman–Crippen LogP) is 3.13. The van der Waals surface area contributed by atoms with E-state index in [0.29, 0.717) is 16.4 Å². The molecule has 0 bridgehead atoms. The number of nitrogens with zero attached hydrogens (tertiary/aromatic N) is 2. The van der Waals surface area contributed by atoms with Gasteiger partial charge >= 0.3 is 0 Å². The minimum Gasteiger partial charge on any atom is -0.333 e. The Kier molecular flexibility index (Phi) is 3.99. The van der Waals surface area contributed by atoms with Crippen LogP contribution in [0.1, 0.15) is 30.8 Å². The van der Waals surface area contributed by atoms with Crippen LogP contribution in [0.25, 0.3) is 0 Å². The van der Waals surface area contributed by atoms with Crippen molar-refractivity contribution < 1.29 is 4.39 Å². The van der Waals surface area contributed by atoms with Crippen molar-refractivity contribution in [2.75, 3.05) is 0 Å². The smallest absolute Gasteiger partial charge is 0.130 e. The largest absolute Gasteiger partial charge is 0.333 e. The van der Waals surface area contributed by atoms with E-state index in [9.17, 15) is 4.39 Å². The first-order chi connectivity index (χ1) is 8.63. The summed E-state index contributed by atoms with van der Waals surface area (Å²) in [6, 6.07) is 3.92. The van der Waals surface area contributed by atoms with Crippen LogP contribution in [0.4, 0.5) is 4.39 Å². The van der Waals surface area contributed by atoms with Crippen molar-refractivity contribution in [3.05, 3.63) is 52.8 Å². The molecule has 2 rings (SSSR count). The minimum atomic E-state index is -0.580. The van der Waals surface area contributed by atoms with E-state index in [4.69, 9.17) is 17.3 Å². The first-order valence-corrected chi connectivity index (χ1v) is 6.22. The number of imidazole rings is 1. The van der Waals surface area contributed by atoms with Crippen LogP contribution in [-0.2, 0) is 6.54 Å². The molecule has 2 aromatic rings. The molecular weight excluding hydrogens is 253 g/mol. The Morgan fingerprint density at radius 3 is 2.94 bits per heavy atom. The summed E-state index contributed by atoms with van der Waals surface area (Å²) < 4.78 is 15.8. The molecule has 0 spiro atoms. The second-order valence-electron chi connectivity index (χ2n) is 4.12. The number of rotatable bonds is 4. The molecular formula is C13H15ClFN3. The fourth-order valence-corrected chi connectivity index (χ4v) is 2.08. The molecule has 0 amide bonds. The second-order valence-corrected chi connectivity index (χ2v) is 4.56. The van der Waals surface area contributed by atoms with Gasteiger partial charge in [0.05, 0.1) is 6.04 Å². The van der Waals surface area contributed by atoms with Crippen LogP contribution in [0, 0.1) is 5.82 Å². The first-order valence-electron chi connectivity index (χ1n) is 5.85. The Balaban J connectivity index is 2.35. The number of aromatic nitrogens is 2. The molecule has 18 heavy (non-hydrogen) atoms. The number of halogens is 2. The summed E-state index contributed by atoms with van der Waals surface area (Å²) in [5, 5.41) is 0.361. The van der Waals surface area contributed by atoms with Gasteiger partial charge in [-0.2, -0.15) is 0 Å². The molecule has 0 fully saturated rings. The zero-order chi connectivity index (χ0) is 13.1. The van der Waals surface area contributed by atoms with Gasteiger partial charge in [-0.15, -0.1) is 0 Å². The van der Waals surface area contributed by atoms with Gasteiger partial charge in [-0.1, -0.05) is 24.6 Å². The molecule has 0 saturated carbocycles. The number of hydrogen-bond donors (Lipinski definition) is 1. The quantitative estimate of drug-likeness (QED) is 0.925. The highest BCUT2D eigenvalue weighted by molar-refractivity contribution is 6.30. The third-order valence-electron chi connectivity index (χ3n) is 2.79. The average Bonchev–Trinajstić information content (AvgIpc) is 2.77. The molecule has 0 aliphatic carbocycles. The number of nitrogens with two attached hydrogens (primary N) is 1. The van der Waals surface area contributed by atoms with E-state index in [1.165, 1.54) is 6.07 Å². The molecule has 1 aromatic heterocycles. The summed E-state index contributed by atoms with van der Waals surface area (Å²) in [7, 11) is 0. The van der Waals surface area contributed by atoms with E-state index < -0.39 is 11.9 Å². The Bertz CT molecular complexity index is 539. The third kappa shape index (κ3) is 2.54. The summed E-state index contributed by atoms with van der Waals surface area (Å²) in [5.74, 6) is 0.263. The summed E-state index contributed by atoms with van der Waals surface area (Å²) in [6.45, 7) is 2.89. The second kappa shape index (κ2) is 5.50. The van der Waals surface area contributed by atoms with Gasteiger partial charge in [0.25, 0.3) is 0 Å². The molecule has 2 N–H and O–H groups in total. The normalized spacial score (nSPS) is 12.7. The van der Waals surface area contributed by atoms with Crippen LogP contribution in [0.3, 0.4) is 0 Å². The van der Waals surface area contributed by atoms with Crippen LogP contribution in [0.5, 0.6) is 0 Å². The van der Waals surface area contributed by atoms with Crippen molar-refractivity contribution in [3.8, 4) is 0 Å². The van der Waals surface area contributed by atoms with Gasteiger partial charge in [0.2, 0.25) is 0 Å². The van der Waals surface area contributed by atoms with Crippen LogP contribution >= 0.6 is 11.6 Å². The van der Waals surface area contributed by atoms with Crippen LogP contribution < -0.4 is 5.73 Å². The number of aryl methyl sites for hydroxylation is 1. The molecule has 1 heterocycles. The molecule has 0 aliphatic heterocycles. The van der Waals surface area contributed by atoms with E-state index in [-0.39, 0.29) is 0 Å². The van der Waals surface area contributed by atoms with Crippen molar-refractivity contribution in [3.63, 3.8) is 0 Å². The summed E-state index contributed by atoms with van der Waals surface area (Å²) in [6.07, 6.45) is 4.50. The predicted molar refractivity (Wildman–Crippen MR) is 70.0 cm³/mol. The van der Waals surface area contributed by atoms with Gasteiger partial charge < -0.3 is 10.3 Å². The number of benzene rings is 1. The van der Waals surface area contributed by atoms with E-state index in [0.717, 1.165) is 13.0 Å². The lowest BCUT2D eigenvalue weighted by Crippen LogP contribution is -2.19. The standard InChI is InChI=1S/C13H15ClFN3/c1-2-6-18-7-5-17-13(18)12(16)10-4-3-9(14)8-11(10)15/h3-5,7-8,12H,2,6,16H2,1H3. The zero-order valence-electron chi connectivity index (χ0n) is 10.1. The van der Waals surface area contributed by atoms with Crippen molar-refractivity contribution in [1.82, 2.24) is 9.55 Å². The van der Waals surface area contributed by atoms with Gasteiger partial charge in [0, 0.05) is 29.5 Å². The van der Waals surface area contributed by atoms with Crippen LogP contribution in [0.2, 0.25) is 5.02 Å².